The lowest BCUT2D eigenvalue weighted by Gasteiger charge is -2.16. The largest absolute Gasteiger partial charge is 0.494 e. The van der Waals surface area contributed by atoms with Crippen molar-refractivity contribution in [2.24, 2.45) is 0 Å². The maximum Gasteiger partial charge on any atom is 0.253 e. The van der Waals surface area contributed by atoms with Gasteiger partial charge in [-0.3, -0.25) is 4.79 Å². The van der Waals surface area contributed by atoms with E-state index in [1.54, 1.807) is 4.52 Å². The topological polar surface area (TPSA) is 81.4 Å². The van der Waals surface area contributed by atoms with Crippen LogP contribution in [0.25, 0.3) is 5.78 Å². The minimum Gasteiger partial charge on any atom is -0.494 e. The van der Waals surface area contributed by atoms with Gasteiger partial charge in [0.05, 0.1) is 12.6 Å². The number of nitrogens with zero attached hydrogens (tertiary/aromatic N) is 4. The molecule has 1 N–H and O–H groups in total. The third-order valence-electron chi connectivity index (χ3n) is 5.26. The van der Waals surface area contributed by atoms with Crippen molar-refractivity contribution >= 4 is 23.4 Å². The summed E-state index contributed by atoms with van der Waals surface area (Å²) in [5.74, 6) is 1.88. The van der Waals surface area contributed by atoms with Crippen molar-refractivity contribution in [1.29, 1.82) is 0 Å². The molecule has 1 unspecified atom stereocenters. The first-order chi connectivity index (χ1) is 15.9. The molecule has 0 aliphatic heterocycles. The Hall–Kier alpha value is -3.39. The van der Waals surface area contributed by atoms with E-state index in [0.29, 0.717) is 28.9 Å². The lowest BCUT2D eigenvalue weighted by molar-refractivity contribution is 0.0939. The summed E-state index contributed by atoms with van der Waals surface area (Å²) in [4.78, 5) is 22.0. The van der Waals surface area contributed by atoms with Gasteiger partial charge in [-0.1, -0.05) is 42.1 Å². The van der Waals surface area contributed by atoms with Gasteiger partial charge in [0.15, 0.2) is 0 Å². The zero-order valence-electron chi connectivity index (χ0n) is 19.2. The molecule has 1 atom stereocenters. The molecular formula is C25H27N5O2S. The first-order valence-corrected chi connectivity index (χ1v) is 11.9. The van der Waals surface area contributed by atoms with Crippen molar-refractivity contribution in [2.75, 3.05) is 6.61 Å². The molecule has 33 heavy (non-hydrogen) atoms. The van der Waals surface area contributed by atoms with Crippen LogP contribution in [0.5, 0.6) is 5.75 Å². The molecule has 2 aromatic carbocycles. The molecule has 0 saturated carbocycles. The SMILES string of the molecule is CCOc1ccc(C(C)NC(=O)c2ccccc2CSc2nc3nc(C)cc(C)n3n2)cc1. The molecular weight excluding hydrogens is 434 g/mol. The van der Waals surface area contributed by atoms with Crippen molar-refractivity contribution in [3.8, 4) is 5.75 Å². The van der Waals surface area contributed by atoms with E-state index in [1.165, 1.54) is 11.8 Å². The van der Waals surface area contributed by atoms with Crippen molar-refractivity contribution in [3.05, 3.63) is 82.7 Å². The number of nitrogens with one attached hydrogen (secondary N) is 1. The van der Waals surface area contributed by atoms with Gasteiger partial charge in [-0.05, 0) is 63.1 Å². The number of hydrogen-bond acceptors (Lipinski definition) is 6. The van der Waals surface area contributed by atoms with Crippen LogP contribution in [0.2, 0.25) is 0 Å². The van der Waals surface area contributed by atoms with Crippen molar-refractivity contribution in [2.45, 2.75) is 44.6 Å². The molecule has 170 valence electrons. The highest BCUT2D eigenvalue weighted by Crippen LogP contribution is 2.24. The number of ether oxygens (including phenoxy) is 1. The van der Waals surface area contributed by atoms with Gasteiger partial charge >= 0.3 is 0 Å². The zero-order chi connectivity index (χ0) is 23.4. The van der Waals surface area contributed by atoms with E-state index in [0.717, 1.165) is 28.3 Å². The minimum atomic E-state index is -0.133. The molecule has 0 fully saturated rings. The van der Waals surface area contributed by atoms with E-state index in [4.69, 9.17) is 4.74 Å². The van der Waals surface area contributed by atoms with E-state index in [9.17, 15) is 4.79 Å². The van der Waals surface area contributed by atoms with Gasteiger partial charge in [0.25, 0.3) is 11.7 Å². The van der Waals surface area contributed by atoms with Crippen molar-refractivity contribution in [1.82, 2.24) is 24.9 Å². The molecule has 4 rings (SSSR count). The maximum atomic E-state index is 13.1. The van der Waals surface area contributed by atoms with Crippen LogP contribution < -0.4 is 10.1 Å². The highest BCUT2D eigenvalue weighted by atomic mass is 32.2. The van der Waals surface area contributed by atoms with Gasteiger partial charge < -0.3 is 10.1 Å². The Morgan fingerprint density at radius 1 is 1.12 bits per heavy atom. The van der Waals surface area contributed by atoms with Crippen LogP contribution in [-0.2, 0) is 5.75 Å². The Kier molecular flexibility index (Phi) is 6.93. The Bertz CT molecular complexity index is 1270. The summed E-state index contributed by atoms with van der Waals surface area (Å²) in [5.41, 5.74) is 4.49. The fourth-order valence-electron chi connectivity index (χ4n) is 3.60. The van der Waals surface area contributed by atoms with Crippen LogP contribution >= 0.6 is 11.8 Å². The second kappa shape index (κ2) is 10.0. The van der Waals surface area contributed by atoms with Gasteiger partial charge in [-0.15, -0.1) is 5.10 Å². The summed E-state index contributed by atoms with van der Waals surface area (Å²) < 4.78 is 7.24. The molecule has 0 saturated heterocycles. The first kappa shape index (κ1) is 22.8. The minimum absolute atomic E-state index is 0.108. The molecule has 2 heterocycles. The van der Waals surface area contributed by atoms with E-state index >= 15 is 0 Å². The van der Waals surface area contributed by atoms with Crippen molar-refractivity contribution < 1.29 is 9.53 Å². The molecule has 1 amide bonds. The number of carbonyl (C=O) groups is 1. The molecule has 0 aliphatic carbocycles. The molecule has 0 bridgehead atoms. The number of fused-ring (bicyclic) bond motifs is 1. The van der Waals surface area contributed by atoms with Crippen LogP contribution in [0.4, 0.5) is 0 Å². The summed E-state index contributed by atoms with van der Waals surface area (Å²) in [6.45, 7) is 8.48. The molecule has 2 aromatic heterocycles. The van der Waals surface area contributed by atoms with E-state index in [-0.39, 0.29) is 11.9 Å². The summed E-state index contributed by atoms with van der Waals surface area (Å²) in [6, 6.07) is 17.3. The molecule has 4 aromatic rings. The highest BCUT2D eigenvalue weighted by Gasteiger charge is 2.16. The predicted molar refractivity (Wildman–Crippen MR) is 130 cm³/mol. The lowest BCUT2D eigenvalue weighted by Crippen LogP contribution is -2.27. The third-order valence-corrected chi connectivity index (χ3v) is 6.14. The molecule has 0 radical (unpaired) electrons. The van der Waals surface area contributed by atoms with E-state index in [1.807, 2.05) is 82.3 Å². The summed E-state index contributed by atoms with van der Waals surface area (Å²) in [6.07, 6.45) is 0. The van der Waals surface area contributed by atoms with Gasteiger partial charge in [-0.25, -0.2) is 9.50 Å². The van der Waals surface area contributed by atoms with Crippen LogP contribution in [0, 0.1) is 13.8 Å². The number of aryl methyl sites for hydroxylation is 2. The van der Waals surface area contributed by atoms with Crippen LogP contribution in [0.15, 0.2) is 59.8 Å². The number of carbonyl (C=O) groups excluding carboxylic acids is 1. The molecule has 7 nitrogen and oxygen atoms in total. The number of thioether (sulfide) groups is 1. The number of amides is 1. The number of aromatic nitrogens is 4. The Balaban J connectivity index is 1.45. The highest BCUT2D eigenvalue weighted by molar-refractivity contribution is 7.98. The lowest BCUT2D eigenvalue weighted by atomic mass is 10.1. The average molecular weight is 462 g/mol. The normalized spacial score (nSPS) is 12.0. The van der Waals surface area contributed by atoms with Crippen LogP contribution in [0.1, 0.15) is 52.8 Å². The summed E-state index contributed by atoms with van der Waals surface area (Å²) >= 11 is 1.49. The quantitative estimate of drug-likeness (QED) is 0.375. The van der Waals surface area contributed by atoms with Crippen LogP contribution in [-0.4, -0.2) is 32.1 Å². The smallest absolute Gasteiger partial charge is 0.253 e. The number of benzene rings is 2. The summed E-state index contributed by atoms with van der Waals surface area (Å²) in [5, 5.41) is 8.28. The van der Waals surface area contributed by atoms with Gasteiger partial charge in [0.1, 0.15) is 5.75 Å². The second-order valence-electron chi connectivity index (χ2n) is 7.79. The molecule has 8 heteroatoms. The first-order valence-electron chi connectivity index (χ1n) is 10.9. The Labute approximate surface area is 197 Å². The predicted octanol–water partition coefficient (Wildman–Crippen LogP) is 4.92. The van der Waals surface area contributed by atoms with Gasteiger partial charge in [0, 0.05) is 22.7 Å². The van der Waals surface area contributed by atoms with E-state index < -0.39 is 0 Å². The fraction of sp³-hybridized carbons (Fsp3) is 0.280. The number of rotatable bonds is 8. The monoisotopic (exact) mass is 461 g/mol. The fourth-order valence-corrected chi connectivity index (χ4v) is 4.42. The zero-order valence-corrected chi connectivity index (χ0v) is 20.0. The average Bonchev–Trinajstić information content (AvgIpc) is 3.22. The van der Waals surface area contributed by atoms with Crippen LogP contribution in [0.3, 0.4) is 0 Å². The number of hydrogen-bond donors (Lipinski definition) is 1. The van der Waals surface area contributed by atoms with Crippen molar-refractivity contribution in [3.63, 3.8) is 0 Å². The van der Waals surface area contributed by atoms with Gasteiger partial charge in [0.2, 0.25) is 5.16 Å². The second-order valence-corrected chi connectivity index (χ2v) is 8.73. The molecule has 0 spiro atoms. The van der Waals surface area contributed by atoms with E-state index in [2.05, 4.69) is 20.4 Å². The Morgan fingerprint density at radius 3 is 2.64 bits per heavy atom. The maximum absolute atomic E-state index is 13.1. The molecule has 0 aliphatic rings. The summed E-state index contributed by atoms with van der Waals surface area (Å²) in [7, 11) is 0. The standard InChI is InChI=1S/C25H27N5O2S/c1-5-32-21-12-10-19(11-13-21)18(4)27-23(31)22-9-7-6-8-20(22)15-33-25-28-24-26-16(2)14-17(3)30(24)29-25/h6-14,18H,5,15H2,1-4H3,(H,27,31). The third kappa shape index (κ3) is 5.34. The Morgan fingerprint density at radius 2 is 1.88 bits per heavy atom. The van der Waals surface area contributed by atoms with Gasteiger partial charge in [-0.2, -0.15) is 4.98 Å².